The average molecular weight is 185 g/mol. The molecule has 3 nitrogen and oxygen atoms in total. The van der Waals surface area contributed by atoms with Crippen LogP contribution in [-0.2, 0) is 4.74 Å². The third-order valence-corrected chi connectivity index (χ3v) is 1.21. The van der Waals surface area contributed by atoms with Gasteiger partial charge in [-0.1, -0.05) is 12.2 Å². The highest BCUT2D eigenvalue weighted by Crippen LogP contribution is 2.06. The Hall–Kier alpha value is -0.990. The molecule has 0 aromatic heterocycles. The van der Waals surface area contributed by atoms with Crippen LogP contribution < -0.4 is 5.32 Å². The molecule has 0 aliphatic heterocycles. The van der Waals surface area contributed by atoms with Crippen molar-refractivity contribution in [3.8, 4) is 0 Å². The van der Waals surface area contributed by atoms with Gasteiger partial charge in [0.05, 0.1) is 0 Å². The second kappa shape index (κ2) is 5.62. The number of carbonyl (C=O) groups is 1. The molecule has 1 amide bonds. The summed E-state index contributed by atoms with van der Waals surface area (Å²) in [5.41, 5.74) is -0.412. The molecule has 76 valence electrons. The summed E-state index contributed by atoms with van der Waals surface area (Å²) in [5.74, 6) is 0. The molecule has 3 heteroatoms. The van der Waals surface area contributed by atoms with Gasteiger partial charge in [0, 0.05) is 6.54 Å². The van der Waals surface area contributed by atoms with Gasteiger partial charge < -0.3 is 10.1 Å². The highest BCUT2D eigenvalue weighted by Gasteiger charge is 2.14. The number of amides is 1. The van der Waals surface area contributed by atoms with Crippen LogP contribution >= 0.6 is 0 Å². The SMILES string of the molecule is C/C=C\CCNC(=O)OC(C)(C)C. The lowest BCUT2D eigenvalue weighted by Crippen LogP contribution is -2.32. The third-order valence-electron chi connectivity index (χ3n) is 1.21. The Bertz CT molecular complexity index is 180. The highest BCUT2D eigenvalue weighted by atomic mass is 16.6. The van der Waals surface area contributed by atoms with Gasteiger partial charge in [-0.15, -0.1) is 0 Å². The van der Waals surface area contributed by atoms with Gasteiger partial charge in [-0.05, 0) is 34.1 Å². The number of alkyl carbamates (subject to hydrolysis) is 1. The van der Waals surface area contributed by atoms with Crippen LogP contribution in [-0.4, -0.2) is 18.2 Å². The lowest BCUT2D eigenvalue weighted by molar-refractivity contribution is 0.0529. The van der Waals surface area contributed by atoms with Gasteiger partial charge in [-0.25, -0.2) is 4.79 Å². The molecule has 0 radical (unpaired) electrons. The first-order valence-electron chi connectivity index (χ1n) is 4.53. The lowest BCUT2D eigenvalue weighted by Gasteiger charge is -2.19. The standard InChI is InChI=1S/C10H19NO2/c1-5-6-7-8-11-9(12)13-10(2,3)4/h5-6H,7-8H2,1-4H3,(H,11,12)/b6-5-. The van der Waals surface area contributed by atoms with Crippen molar-refractivity contribution in [3.05, 3.63) is 12.2 Å². The van der Waals surface area contributed by atoms with Crippen LogP contribution in [0.4, 0.5) is 4.79 Å². The van der Waals surface area contributed by atoms with Gasteiger partial charge in [0.2, 0.25) is 0 Å². The van der Waals surface area contributed by atoms with Crippen LogP contribution in [0.2, 0.25) is 0 Å². The first-order valence-corrected chi connectivity index (χ1v) is 4.53. The second-order valence-corrected chi connectivity index (χ2v) is 3.79. The fraction of sp³-hybridized carbons (Fsp3) is 0.700. The number of hydrogen-bond donors (Lipinski definition) is 1. The predicted octanol–water partition coefficient (Wildman–Crippen LogP) is 2.48. The maximum atomic E-state index is 11.1. The lowest BCUT2D eigenvalue weighted by atomic mass is 10.2. The van der Waals surface area contributed by atoms with Crippen LogP contribution in [0.3, 0.4) is 0 Å². The molecule has 0 fully saturated rings. The molecule has 0 aliphatic carbocycles. The van der Waals surface area contributed by atoms with Gasteiger partial charge in [0.15, 0.2) is 0 Å². The van der Waals surface area contributed by atoms with Crippen molar-refractivity contribution in [2.45, 2.75) is 39.7 Å². The quantitative estimate of drug-likeness (QED) is 0.542. The van der Waals surface area contributed by atoms with E-state index in [1.165, 1.54) is 0 Å². The number of allylic oxidation sites excluding steroid dienone is 1. The third kappa shape index (κ3) is 8.92. The van der Waals surface area contributed by atoms with E-state index in [0.29, 0.717) is 6.54 Å². The summed E-state index contributed by atoms with van der Waals surface area (Å²) in [6.45, 7) is 8.11. The van der Waals surface area contributed by atoms with Gasteiger partial charge in [0.25, 0.3) is 0 Å². The van der Waals surface area contributed by atoms with E-state index < -0.39 is 5.60 Å². The topological polar surface area (TPSA) is 38.3 Å². The summed E-state index contributed by atoms with van der Waals surface area (Å²) in [5, 5.41) is 2.66. The Labute approximate surface area is 80.2 Å². The van der Waals surface area contributed by atoms with Crippen molar-refractivity contribution in [2.75, 3.05) is 6.54 Å². The molecule has 0 unspecified atom stereocenters. The van der Waals surface area contributed by atoms with Crippen molar-refractivity contribution in [3.63, 3.8) is 0 Å². The normalized spacial score (nSPS) is 11.7. The van der Waals surface area contributed by atoms with E-state index in [-0.39, 0.29) is 6.09 Å². The minimum Gasteiger partial charge on any atom is -0.444 e. The molecule has 1 N–H and O–H groups in total. The molecule has 0 aromatic rings. The Morgan fingerprint density at radius 3 is 2.54 bits per heavy atom. The zero-order valence-electron chi connectivity index (χ0n) is 8.89. The molecule has 0 aliphatic rings. The minimum atomic E-state index is -0.412. The summed E-state index contributed by atoms with van der Waals surface area (Å²) in [6.07, 6.45) is 4.45. The number of carbonyl (C=O) groups excluding carboxylic acids is 1. The van der Waals surface area contributed by atoms with E-state index in [1.54, 1.807) is 0 Å². The first-order chi connectivity index (χ1) is 5.95. The van der Waals surface area contributed by atoms with Gasteiger partial charge >= 0.3 is 6.09 Å². The van der Waals surface area contributed by atoms with Crippen LogP contribution in [0.25, 0.3) is 0 Å². The Kier molecular flexibility index (Phi) is 5.19. The summed E-state index contributed by atoms with van der Waals surface area (Å²) in [4.78, 5) is 11.1. The Balaban J connectivity index is 3.52. The zero-order chi connectivity index (χ0) is 10.3. The average Bonchev–Trinajstić information content (AvgIpc) is 1.94. The van der Waals surface area contributed by atoms with Crippen LogP contribution in [0, 0.1) is 0 Å². The van der Waals surface area contributed by atoms with Crippen molar-refractivity contribution >= 4 is 6.09 Å². The summed E-state index contributed by atoms with van der Waals surface area (Å²) < 4.78 is 5.04. The molecule has 0 rings (SSSR count). The predicted molar refractivity (Wildman–Crippen MR) is 53.7 cm³/mol. The fourth-order valence-electron chi connectivity index (χ4n) is 0.738. The smallest absolute Gasteiger partial charge is 0.407 e. The monoisotopic (exact) mass is 185 g/mol. The van der Waals surface area contributed by atoms with Gasteiger partial charge in [-0.2, -0.15) is 0 Å². The van der Waals surface area contributed by atoms with E-state index in [0.717, 1.165) is 6.42 Å². The van der Waals surface area contributed by atoms with E-state index >= 15 is 0 Å². The summed E-state index contributed by atoms with van der Waals surface area (Å²) in [7, 11) is 0. The summed E-state index contributed by atoms with van der Waals surface area (Å²) >= 11 is 0. The van der Waals surface area contributed by atoms with Crippen molar-refractivity contribution in [1.29, 1.82) is 0 Å². The molecule has 13 heavy (non-hydrogen) atoms. The van der Waals surface area contributed by atoms with E-state index in [4.69, 9.17) is 4.74 Å². The molecule has 0 bridgehead atoms. The minimum absolute atomic E-state index is 0.350. The molecule has 0 aromatic carbocycles. The number of hydrogen-bond acceptors (Lipinski definition) is 2. The Morgan fingerprint density at radius 1 is 1.46 bits per heavy atom. The molecule has 0 saturated carbocycles. The largest absolute Gasteiger partial charge is 0.444 e. The zero-order valence-corrected chi connectivity index (χ0v) is 8.89. The first kappa shape index (κ1) is 12.0. The molecule has 0 spiro atoms. The number of nitrogens with one attached hydrogen (secondary N) is 1. The van der Waals surface area contributed by atoms with E-state index in [9.17, 15) is 4.79 Å². The Morgan fingerprint density at radius 2 is 2.08 bits per heavy atom. The van der Waals surface area contributed by atoms with Crippen LogP contribution in [0.1, 0.15) is 34.1 Å². The maximum Gasteiger partial charge on any atom is 0.407 e. The maximum absolute atomic E-state index is 11.1. The van der Waals surface area contributed by atoms with Crippen LogP contribution in [0.15, 0.2) is 12.2 Å². The second-order valence-electron chi connectivity index (χ2n) is 3.79. The van der Waals surface area contributed by atoms with Crippen molar-refractivity contribution in [2.24, 2.45) is 0 Å². The molecule has 0 saturated heterocycles. The molecule has 0 atom stereocenters. The molecular formula is C10H19NO2. The molecule has 0 heterocycles. The van der Waals surface area contributed by atoms with Crippen molar-refractivity contribution in [1.82, 2.24) is 5.32 Å². The van der Waals surface area contributed by atoms with E-state index in [1.807, 2.05) is 39.8 Å². The van der Waals surface area contributed by atoms with Gasteiger partial charge in [-0.3, -0.25) is 0 Å². The van der Waals surface area contributed by atoms with Crippen LogP contribution in [0.5, 0.6) is 0 Å². The number of ether oxygens (including phenoxy) is 1. The fourth-order valence-corrected chi connectivity index (χ4v) is 0.738. The highest BCUT2D eigenvalue weighted by molar-refractivity contribution is 5.67. The van der Waals surface area contributed by atoms with Crippen molar-refractivity contribution < 1.29 is 9.53 Å². The summed E-state index contributed by atoms with van der Waals surface area (Å²) in [6, 6.07) is 0. The van der Waals surface area contributed by atoms with Gasteiger partial charge in [0.1, 0.15) is 5.60 Å². The number of rotatable bonds is 3. The molecular weight excluding hydrogens is 166 g/mol. The van der Waals surface area contributed by atoms with E-state index in [2.05, 4.69) is 5.32 Å².